The van der Waals surface area contributed by atoms with Crippen LogP contribution in [-0.2, 0) is 6.42 Å². The molecule has 5 rings (SSSR count). The first kappa shape index (κ1) is 19.1. The Balaban J connectivity index is 1.42. The molecule has 0 saturated heterocycles. The van der Waals surface area contributed by atoms with Crippen LogP contribution in [0, 0.1) is 0 Å². The molecular formula is C28H25N3. The van der Waals surface area contributed by atoms with Crippen molar-refractivity contribution in [3.63, 3.8) is 0 Å². The minimum absolute atomic E-state index is 0.375. The molecule has 1 heterocycles. The molecule has 0 aliphatic carbocycles. The molecule has 0 amide bonds. The van der Waals surface area contributed by atoms with Crippen molar-refractivity contribution in [1.29, 1.82) is 0 Å². The Morgan fingerprint density at radius 1 is 0.710 bits per heavy atom. The van der Waals surface area contributed by atoms with E-state index in [1.807, 2.05) is 18.3 Å². The molecule has 3 nitrogen and oxygen atoms in total. The lowest BCUT2D eigenvalue weighted by atomic mass is 10.1. The molecule has 0 aromatic heterocycles. The van der Waals surface area contributed by atoms with Gasteiger partial charge in [0, 0.05) is 17.1 Å². The third-order valence-corrected chi connectivity index (χ3v) is 5.68. The molecule has 4 aromatic rings. The second kappa shape index (κ2) is 8.49. The van der Waals surface area contributed by atoms with Crippen molar-refractivity contribution in [2.75, 3.05) is 9.91 Å². The third kappa shape index (κ3) is 3.95. The molecule has 1 aliphatic heterocycles. The molecule has 1 atom stereocenters. The molecular weight excluding hydrogens is 378 g/mol. The van der Waals surface area contributed by atoms with E-state index in [-0.39, 0.29) is 0 Å². The minimum atomic E-state index is 0.375. The van der Waals surface area contributed by atoms with Crippen molar-refractivity contribution in [2.24, 2.45) is 5.10 Å². The zero-order valence-electron chi connectivity index (χ0n) is 17.6. The zero-order valence-corrected chi connectivity index (χ0v) is 17.6. The zero-order chi connectivity index (χ0) is 21.0. The van der Waals surface area contributed by atoms with E-state index in [0.717, 1.165) is 29.0 Å². The average Bonchev–Trinajstić information content (AvgIpc) is 3.15. The quantitative estimate of drug-likeness (QED) is 0.336. The first-order valence-corrected chi connectivity index (χ1v) is 10.7. The lowest BCUT2D eigenvalue weighted by Crippen LogP contribution is -2.23. The highest BCUT2D eigenvalue weighted by molar-refractivity contribution is 5.83. The van der Waals surface area contributed by atoms with Crippen molar-refractivity contribution < 1.29 is 0 Å². The van der Waals surface area contributed by atoms with Gasteiger partial charge in [0.05, 0.1) is 17.9 Å². The number of hydrogen-bond donors (Lipinski definition) is 0. The summed E-state index contributed by atoms with van der Waals surface area (Å²) in [4.78, 5) is 2.26. The van der Waals surface area contributed by atoms with E-state index >= 15 is 0 Å². The fraction of sp³-hybridized carbons (Fsp3) is 0.107. The number of para-hydroxylation sites is 3. The molecule has 3 heteroatoms. The Morgan fingerprint density at radius 2 is 1.26 bits per heavy atom. The Morgan fingerprint density at radius 3 is 1.90 bits per heavy atom. The van der Waals surface area contributed by atoms with E-state index in [0.29, 0.717) is 6.04 Å². The van der Waals surface area contributed by atoms with Crippen molar-refractivity contribution in [1.82, 2.24) is 0 Å². The average molecular weight is 404 g/mol. The van der Waals surface area contributed by atoms with Crippen LogP contribution in [0.15, 0.2) is 114 Å². The van der Waals surface area contributed by atoms with Crippen LogP contribution < -0.4 is 9.91 Å². The smallest absolute Gasteiger partial charge is 0.0629 e. The van der Waals surface area contributed by atoms with E-state index in [9.17, 15) is 0 Å². The molecule has 152 valence electrons. The van der Waals surface area contributed by atoms with Crippen LogP contribution in [-0.4, -0.2) is 12.3 Å². The van der Waals surface area contributed by atoms with Gasteiger partial charge in [-0.2, -0.15) is 5.10 Å². The fourth-order valence-corrected chi connectivity index (χ4v) is 4.16. The second-order valence-electron chi connectivity index (χ2n) is 7.87. The Bertz CT molecular complexity index is 1130. The maximum absolute atomic E-state index is 4.80. The summed E-state index contributed by atoms with van der Waals surface area (Å²) in [6, 6.07) is 38.4. The van der Waals surface area contributed by atoms with Gasteiger partial charge in [-0.15, -0.1) is 0 Å². The molecule has 1 unspecified atom stereocenters. The second-order valence-corrected chi connectivity index (χ2v) is 7.87. The van der Waals surface area contributed by atoms with Crippen LogP contribution in [0.25, 0.3) is 0 Å². The normalized spacial score (nSPS) is 15.3. The largest absolute Gasteiger partial charge is 0.311 e. The van der Waals surface area contributed by atoms with Gasteiger partial charge < -0.3 is 4.90 Å². The van der Waals surface area contributed by atoms with Gasteiger partial charge in [-0.05, 0) is 66.9 Å². The number of anilines is 4. The maximum Gasteiger partial charge on any atom is 0.0629 e. The summed E-state index contributed by atoms with van der Waals surface area (Å²) in [5.41, 5.74) is 7.05. The Hall–Kier alpha value is -3.85. The molecule has 1 aliphatic rings. The number of hydrazone groups is 1. The van der Waals surface area contributed by atoms with Crippen LogP contribution in [0.2, 0.25) is 0 Å². The number of hydrogen-bond acceptors (Lipinski definition) is 3. The van der Waals surface area contributed by atoms with Crippen LogP contribution in [0.5, 0.6) is 0 Å². The SMILES string of the molecule is CC1Cc2ccccc2N1/N=C/c1ccc(N(c2ccccc2)c2ccccc2)cc1. The highest BCUT2D eigenvalue weighted by atomic mass is 15.5. The summed E-state index contributed by atoms with van der Waals surface area (Å²) in [6.45, 7) is 2.22. The number of fused-ring (bicyclic) bond motifs is 1. The molecule has 0 saturated carbocycles. The van der Waals surface area contributed by atoms with E-state index < -0.39 is 0 Å². The van der Waals surface area contributed by atoms with Gasteiger partial charge in [0.25, 0.3) is 0 Å². The molecule has 0 bridgehead atoms. The summed E-state index contributed by atoms with van der Waals surface area (Å²) < 4.78 is 0. The van der Waals surface area contributed by atoms with Crippen LogP contribution in [0.3, 0.4) is 0 Å². The van der Waals surface area contributed by atoms with Gasteiger partial charge in [0.15, 0.2) is 0 Å². The summed E-state index contributed by atoms with van der Waals surface area (Å²) in [7, 11) is 0. The van der Waals surface area contributed by atoms with Gasteiger partial charge in [-0.25, -0.2) is 0 Å². The molecule has 0 radical (unpaired) electrons. The fourth-order valence-electron chi connectivity index (χ4n) is 4.16. The Kier molecular flexibility index (Phi) is 5.24. The van der Waals surface area contributed by atoms with E-state index in [2.05, 4.69) is 114 Å². The van der Waals surface area contributed by atoms with E-state index in [4.69, 9.17) is 5.10 Å². The molecule has 0 spiro atoms. The number of nitrogens with zero attached hydrogens (tertiary/aromatic N) is 3. The van der Waals surface area contributed by atoms with E-state index in [1.165, 1.54) is 11.3 Å². The van der Waals surface area contributed by atoms with Gasteiger partial charge in [-0.3, -0.25) is 5.01 Å². The summed E-state index contributed by atoms with van der Waals surface area (Å²) in [6.07, 6.45) is 2.99. The molecule has 4 aromatic carbocycles. The third-order valence-electron chi connectivity index (χ3n) is 5.68. The lowest BCUT2D eigenvalue weighted by Gasteiger charge is -2.25. The summed E-state index contributed by atoms with van der Waals surface area (Å²) >= 11 is 0. The number of benzene rings is 4. The van der Waals surface area contributed by atoms with Crippen LogP contribution in [0.1, 0.15) is 18.1 Å². The van der Waals surface area contributed by atoms with Crippen molar-refractivity contribution >= 4 is 29.0 Å². The van der Waals surface area contributed by atoms with Gasteiger partial charge >= 0.3 is 0 Å². The maximum atomic E-state index is 4.80. The monoisotopic (exact) mass is 403 g/mol. The Labute approximate surface area is 183 Å². The predicted octanol–water partition coefficient (Wildman–Crippen LogP) is 6.94. The van der Waals surface area contributed by atoms with Gasteiger partial charge in [0.2, 0.25) is 0 Å². The number of rotatable bonds is 5. The minimum Gasteiger partial charge on any atom is -0.311 e. The summed E-state index contributed by atoms with van der Waals surface area (Å²) in [5.74, 6) is 0. The molecule has 0 N–H and O–H groups in total. The topological polar surface area (TPSA) is 18.8 Å². The molecule has 31 heavy (non-hydrogen) atoms. The van der Waals surface area contributed by atoms with Crippen LogP contribution >= 0.6 is 0 Å². The standard InChI is InChI=1S/C28H25N3/c1-22-20-24-10-8-9-15-28(24)31(22)29-21-23-16-18-27(19-17-23)30(25-11-4-2-5-12-25)26-13-6-3-7-14-26/h2-19,21-22H,20H2,1H3/b29-21+. The van der Waals surface area contributed by atoms with Gasteiger partial charge in [-0.1, -0.05) is 66.7 Å². The first-order chi connectivity index (χ1) is 15.3. The van der Waals surface area contributed by atoms with Crippen LogP contribution in [0.4, 0.5) is 22.7 Å². The lowest BCUT2D eigenvalue weighted by molar-refractivity contribution is 0.700. The van der Waals surface area contributed by atoms with Crippen molar-refractivity contribution in [3.8, 4) is 0 Å². The highest BCUT2D eigenvalue weighted by Crippen LogP contribution is 2.34. The summed E-state index contributed by atoms with van der Waals surface area (Å²) in [5, 5.41) is 6.93. The predicted molar refractivity (Wildman–Crippen MR) is 131 cm³/mol. The van der Waals surface area contributed by atoms with Gasteiger partial charge in [0.1, 0.15) is 0 Å². The molecule has 0 fully saturated rings. The van der Waals surface area contributed by atoms with E-state index in [1.54, 1.807) is 0 Å². The highest BCUT2D eigenvalue weighted by Gasteiger charge is 2.24. The first-order valence-electron chi connectivity index (χ1n) is 10.7. The van der Waals surface area contributed by atoms with Crippen molar-refractivity contribution in [2.45, 2.75) is 19.4 Å². The van der Waals surface area contributed by atoms with Crippen molar-refractivity contribution in [3.05, 3.63) is 120 Å².